The molecule has 0 saturated carbocycles. The predicted molar refractivity (Wildman–Crippen MR) is 54.1 cm³/mol. The zero-order valence-corrected chi connectivity index (χ0v) is 8.12. The highest BCUT2D eigenvalue weighted by molar-refractivity contribution is 5.82. The van der Waals surface area contributed by atoms with Crippen molar-refractivity contribution in [3.05, 3.63) is 35.7 Å². The summed E-state index contributed by atoms with van der Waals surface area (Å²) in [7, 11) is 0. The molecular formula is C10H14N2O2. The summed E-state index contributed by atoms with van der Waals surface area (Å²) in [6.45, 7) is 2.79. The minimum atomic E-state index is -0.345. The third-order valence-corrected chi connectivity index (χ3v) is 1.75. The van der Waals surface area contributed by atoms with Crippen molar-refractivity contribution in [1.82, 2.24) is 5.32 Å². The molecule has 4 heteroatoms. The number of nitrogens with one attached hydrogen (secondary N) is 1. The fraction of sp³-hybridized carbons (Fsp3) is 0.300. The van der Waals surface area contributed by atoms with Gasteiger partial charge in [0.1, 0.15) is 0 Å². The van der Waals surface area contributed by atoms with Crippen molar-refractivity contribution in [3.8, 4) is 0 Å². The van der Waals surface area contributed by atoms with Crippen molar-refractivity contribution >= 4 is 5.97 Å². The first-order chi connectivity index (χ1) is 6.74. The van der Waals surface area contributed by atoms with Gasteiger partial charge in [0.05, 0.1) is 6.61 Å². The standard InChI is InChI=1S/C10H14N2O2/c1-2-14-10(13)4-3-8-7-12-6-5-9(8)11/h3-6,12H,2,7,11H2,1H3/b4-3+. The Kier molecular flexibility index (Phi) is 3.79. The van der Waals surface area contributed by atoms with E-state index in [0.29, 0.717) is 18.8 Å². The molecule has 0 radical (unpaired) electrons. The summed E-state index contributed by atoms with van der Waals surface area (Å²) in [5, 5.41) is 3.00. The maximum absolute atomic E-state index is 11.0. The molecule has 76 valence electrons. The van der Waals surface area contributed by atoms with Gasteiger partial charge in [0, 0.05) is 18.3 Å². The van der Waals surface area contributed by atoms with Gasteiger partial charge in [-0.25, -0.2) is 4.79 Å². The van der Waals surface area contributed by atoms with Crippen LogP contribution in [0.2, 0.25) is 0 Å². The summed E-state index contributed by atoms with van der Waals surface area (Å²) in [4.78, 5) is 11.0. The lowest BCUT2D eigenvalue weighted by Crippen LogP contribution is -2.17. The molecule has 3 N–H and O–H groups in total. The Morgan fingerprint density at radius 1 is 1.79 bits per heavy atom. The Balaban J connectivity index is 2.58. The van der Waals surface area contributed by atoms with Gasteiger partial charge in [-0.05, 0) is 30.8 Å². The topological polar surface area (TPSA) is 64.3 Å². The first kappa shape index (κ1) is 10.4. The smallest absolute Gasteiger partial charge is 0.330 e. The summed E-state index contributed by atoms with van der Waals surface area (Å²) in [5.74, 6) is -0.345. The number of rotatable bonds is 3. The molecule has 14 heavy (non-hydrogen) atoms. The highest BCUT2D eigenvalue weighted by Gasteiger charge is 2.02. The second kappa shape index (κ2) is 5.11. The van der Waals surface area contributed by atoms with Crippen molar-refractivity contribution in [1.29, 1.82) is 0 Å². The average molecular weight is 194 g/mol. The summed E-state index contributed by atoms with van der Waals surface area (Å²) >= 11 is 0. The largest absolute Gasteiger partial charge is 0.463 e. The number of dihydropyridines is 1. The van der Waals surface area contributed by atoms with Crippen molar-refractivity contribution in [2.75, 3.05) is 13.2 Å². The number of hydrogen-bond donors (Lipinski definition) is 2. The second-order valence-electron chi connectivity index (χ2n) is 2.78. The van der Waals surface area contributed by atoms with Crippen LogP contribution in [0.5, 0.6) is 0 Å². The average Bonchev–Trinajstić information content (AvgIpc) is 2.17. The number of allylic oxidation sites excluding steroid dienone is 1. The van der Waals surface area contributed by atoms with E-state index in [1.807, 2.05) is 0 Å². The van der Waals surface area contributed by atoms with E-state index in [9.17, 15) is 4.79 Å². The summed E-state index contributed by atoms with van der Waals surface area (Å²) in [6, 6.07) is 0. The molecule has 1 aliphatic heterocycles. The van der Waals surface area contributed by atoms with Gasteiger partial charge in [0.2, 0.25) is 0 Å². The first-order valence-electron chi connectivity index (χ1n) is 4.47. The van der Waals surface area contributed by atoms with Crippen molar-refractivity contribution < 1.29 is 9.53 Å². The minimum Gasteiger partial charge on any atom is -0.463 e. The molecule has 0 aliphatic carbocycles. The van der Waals surface area contributed by atoms with E-state index in [1.54, 1.807) is 25.3 Å². The van der Waals surface area contributed by atoms with Gasteiger partial charge >= 0.3 is 5.97 Å². The van der Waals surface area contributed by atoms with E-state index in [1.165, 1.54) is 6.08 Å². The van der Waals surface area contributed by atoms with Crippen LogP contribution in [0.4, 0.5) is 0 Å². The van der Waals surface area contributed by atoms with E-state index in [0.717, 1.165) is 5.57 Å². The highest BCUT2D eigenvalue weighted by Crippen LogP contribution is 2.05. The zero-order valence-electron chi connectivity index (χ0n) is 8.12. The monoisotopic (exact) mass is 194 g/mol. The molecule has 1 heterocycles. The Bertz CT molecular complexity index is 303. The molecule has 0 amide bonds. The zero-order chi connectivity index (χ0) is 10.4. The number of carbonyl (C=O) groups is 1. The maximum atomic E-state index is 11.0. The van der Waals surface area contributed by atoms with E-state index in [-0.39, 0.29) is 5.97 Å². The van der Waals surface area contributed by atoms with Crippen molar-refractivity contribution in [2.24, 2.45) is 5.73 Å². The SMILES string of the molecule is CCOC(=O)/C=C/C1=C(N)C=CNC1. The van der Waals surface area contributed by atoms with Gasteiger partial charge in [-0.1, -0.05) is 0 Å². The molecule has 0 unspecified atom stereocenters. The van der Waals surface area contributed by atoms with Gasteiger partial charge < -0.3 is 15.8 Å². The van der Waals surface area contributed by atoms with Crippen LogP contribution in [0.1, 0.15) is 6.92 Å². The van der Waals surface area contributed by atoms with Crippen molar-refractivity contribution in [2.45, 2.75) is 6.92 Å². The highest BCUT2D eigenvalue weighted by atomic mass is 16.5. The lowest BCUT2D eigenvalue weighted by molar-refractivity contribution is -0.137. The molecule has 4 nitrogen and oxygen atoms in total. The molecule has 0 fully saturated rings. The van der Waals surface area contributed by atoms with E-state index >= 15 is 0 Å². The van der Waals surface area contributed by atoms with E-state index in [2.05, 4.69) is 5.32 Å². The quantitative estimate of drug-likeness (QED) is 0.505. The van der Waals surface area contributed by atoms with Crippen LogP contribution < -0.4 is 11.1 Å². The molecule has 0 spiro atoms. The van der Waals surface area contributed by atoms with Crippen LogP contribution >= 0.6 is 0 Å². The van der Waals surface area contributed by atoms with Crippen LogP contribution in [-0.4, -0.2) is 19.1 Å². The molecule has 0 aromatic heterocycles. The van der Waals surface area contributed by atoms with E-state index in [4.69, 9.17) is 10.5 Å². The lowest BCUT2D eigenvalue weighted by atomic mass is 10.1. The van der Waals surface area contributed by atoms with Gasteiger partial charge in [-0.2, -0.15) is 0 Å². The van der Waals surface area contributed by atoms with Crippen LogP contribution in [0.3, 0.4) is 0 Å². The fourth-order valence-electron chi connectivity index (χ4n) is 1.04. The summed E-state index contributed by atoms with van der Waals surface area (Å²) in [5.41, 5.74) is 7.25. The van der Waals surface area contributed by atoms with Crippen molar-refractivity contribution in [3.63, 3.8) is 0 Å². The Hall–Kier alpha value is -1.71. The van der Waals surface area contributed by atoms with Gasteiger partial charge in [-0.3, -0.25) is 0 Å². The third kappa shape index (κ3) is 2.97. The Morgan fingerprint density at radius 3 is 3.21 bits per heavy atom. The molecule has 1 rings (SSSR count). The first-order valence-corrected chi connectivity index (χ1v) is 4.47. The van der Waals surface area contributed by atoms with Gasteiger partial charge in [0.15, 0.2) is 0 Å². The molecule has 0 saturated heterocycles. The molecular weight excluding hydrogens is 180 g/mol. The number of esters is 1. The molecule has 0 aromatic carbocycles. The van der Waals surface area contributed by atoms with Crippen LogP contribution in [-0.2, 0) is 9.53 Å². The van der Waals surface area contributed by atoms with Crippen LogP contribution in [0.15, 0.2) is 35.7 Å². The van der Waals surface area contributed by atoms with Crippen LogP contribution in [0, 0.1) is 0 Å². The minimum absolute atomic E-state index is 0.345. The molecule has 0 atom stereocenters. The Labute approximate surface area is 83.1 Å². The summed E-state index contributed by atoms with van der Waals surface area (Å²) < 4.78 is 4.74. The van der Waals surface area contributed by atoms with Gasteiger partial charge in [0.25, 0.3) is 0 Å². The number of carbonyl (C=O) groups excluding carboxylic acids is 1. The number of hydrogen-bond acceptors (Lipinski definition) is 4. The predicted octanol–water partition coefficient (Wildman–Crippen LogP) is 0.435. The normalized spacial score (nSPS) is 15.8. The van der Waals surface area contributed by atoms with Gasteiger partial charge in [-0.15, -0.1) is 0 Å². The summed E-state index contributed by atoms with van der Waals surface area (Å²) in [6.07, 6.45) is 6.59. The fourth-order valence-corrected chi connectivity index (χ4v) is 1.04. The number of ether oxygens (including phenoxy) is 1. The lowest BCUT2D eigenvalue weighted by Gasteiger charge is -2.10. The van der Waals surface area contributed by atoms with E-state index < -0.39 is 0 Å². The molecule has 0 aromatic rings. The second-order valence-corrected chi connectivity index (χ2v) is 2.78. The Morgan fingerprint density at radius 2 is 2.57 bits per heavy atom. The van der Waals surface area contributed by atoms with Crippen LogP contribution in [0.25, 0.3) is 0 Å². The third-order valence-electron chi connectivity index (χ3n) is 1.75. The molecule has 0 bridgehead atoms. The number of nitrogens with two attached hydrogens (primary N) is 1. The molecule has 1 aliphatic rings. The maximum Gasteiger partial charge on any atom is 0.330 e.